The van der Waals surface area contributed by atoms with E-state index in [1.54, 1.807) is 0 Å². The molecule has 2 aromatic rings. The van der Waals surface area contributed by atoms with Crippen LogP contribution in [0.4, 0.5) is 5.69 Å². The van der Waals surface area contributed by atoms with Crippen molar-refractivity contribution >= 4 is 16.6 Å². The van der Waals surface area contributed by atoms with Crippen molar-refractivity contribution in [1.29, 1.82) is 0 Å². The lowest BCUT2D eigenvalue weighted by atomic mass is 10.2. The Kier molecular flexibility index (Phi) is 2.07. The first-order valence-corrected chi connectivity index (χ1v) is 5.19. The number of nitrogens with one attached hydrogen (secondary N) is 1. The molecule has 4 nitrogen and oxygen atoms in total. The summed E-state index contributed by atoms with van der Waals surface area (Å²) in [7, 11) is 0. The van der Waals surface area contributed by atoms with E-state index < -0.39 is 0 Å². The molecule has 1 aromatic heterocycles. The molecular weight excluding hydrogens is 190 g/mol. The maximum Gasteiger partial charge on any atom is 0.0651 e. The van der Waals surface area contributed by atoms with Gasteiger partial charge in [-0.2, -0.15) is 5.10 Å². The average molecular weight is 203 g/mol. The minimum atomic E-state index is 0.823. The quantitative estimate of drug-likeness (QED) is 0.761. The molecule has 0 atom stereocenters. The molecule has 1 aromatic carbocycles. The van der Waals surface area contributed by atoms with Crippen LogP contribution in [-0.4, -0.2) is 36.5 Å². The smallest absolute Gasteiger partial charge is 0.0651 e. The highest BCUT2D eigenvalue weighted by Crippen LogP contribution is 2.21. The fraction of sp³-hybridized carbons (Fsp3) is 0.364. The molecule has 78 valence electrons. The summed E-state index contributed by atoms with van der Waals surface area (Å²) in [5, 5.41) is 8.14. The fourth-order valence-corrected chi connectivity index (χ4v) is 1.95. The molecule has 3 rings (SSSR count). The van der Waals surface area contributed by atoms with E-state index in [2.05, 4.69) is 33.3 Å². The van der Waals surface area contributed by atoms with Gasteiger partial charge < -0.3 is 9.64 Å². The largest absolute Gasteiger partial charge is 0.378 e. The molecule has 1 fully saturated rings. The van der Waals surface area contributed by atoms with Crippen molar-refractivity contribution in [3.8, 4) is 0 Å². The number of hydrogen-bond donors (Lipinski definition) is 1. The Labute approximate surface area is 87.8 Å². The maximum atomic E-state index is 5.33. The number of ether oxygens (including phenoxy) is 1. The van der Waals surface area contributed by atoms with E-state index in [9.17, 15) is 0 Å². The van der Waals surface area contributed by atoms with E-state index in [0.29, 0.717) is 0 Å². The lowest BCUT2D eigenvalue weighted by molar-refractivity contribution is 0.122. The number of aromatic amines is 1. The van der Waals surface area contributed by atoms with Gasteiger partial charge in [-0.25, -0.2) is 0 Å². The summed E-state index contributed by atoms with van der Waals surface area (Å²) in [5.41, 5.74) is 2.35. The van der Waals surface area contributed by atoms with E-state index in [0.717, 1.165) is 31.8 Å². The predicted molar refractivity (Wildman–Crippen MR) is 59.1 cm³/mol. The standard InChI is InChI=1S/C11H13N3O/c1-2-11-9(8-12-13-11)7-10(1)14-3-5-15-6-4-14/h1-2,7-8H,3-6H2,(H,12,13). The molecule has 0 aliphatic carbocycles. The van der Waals surface area contributed by atoms with Crippen molar-refractivity contribution in [2.75, 3.05) is 31.2 Å². The van der Waals surface area contributed by atoms with Crippen molar-refractivity contribution in [2.45, 2.75) is 0 Å². The molecule has 1 N–H and O–H groups in total. The molecule has 0 spiro atoms. The van der Waals surface area contributed by atoms with Crippen LogP contribution in [0.3, 0.4) is 0 Å². The molecule has 0 bridgehead atoms. The fourth-order valence-electron chi connectivity index (χ4n) is 1.95. The first kappa shape index (κ1) is 8.73. The lowest BCUT2D eigenvalue weighted by Gasteiger charge is -2.28. The van der Waals surface area contributed by atoms with Gasteiger partial charge in [0.1, 0.15) is 0 Å². The number of hydrogen-bond acceptors (Lipinski definition) is 3. The van der Waals surface area contributed by atoms with Crippen LogP contribution in [-0.2, 0) is 4.74 Å². The average Bonchev–Trinajstić information content (AvgIpc) is 2.77. The summed E-state index contributed by atoms with van der Waals surface area (Å²) in [6.07, 6.45) is 1.86. The van der Waals surface area contributed by atoms with Crippen LogP contribution < -0.4 is 4.90 Å². The van der Waals surface area contributed by atoms with Crippen molar-refractivity contribution < 1.29 is 4.74 Å². The summed E-state index contributed by atoms with van der Waals surface area (Å²) >= 11 is 0. The van der Waals surface area contributed by atoms with Crippen molar-refractivity contribution in [3.05, 3.63) is 24.4 Å². The van der Waals surface area contributed by atoms with Gasteiger partial charge >= 0.3 is 0 Å². The van der Waals surface area contributed by atoms with Gasteiger partial charge in [0.2, 0.25) is 0 Å². The number of aromatic nitrogens is 2. The van der Waals surface area contributed by atoms with Crippen LogP contribution in [0.25, 0.3) is 10.9 Å². The second-order valence-electron chi connectivity index (χ2n) is 3.74. The number of nitrogens with zero attached hydrogens (tertiary/aromatic N) is 2. The molecule has 2 heterocycles. The SMILES string of the molecule is c1cc2[nH]ncc2cc1N1CCOCC1. The zero-order valence-electron chi connectivity index (χ0n) is 8.44. The Bertz CT molecular complexity index is 460. The minimum absolute atomic E-state index is 0.823. The normalized spacial score (nSPS) is 17.2. The Hall–Kier alpha value is -1.55. The van der Waals surface area contributed by atoms with Crippen molar-refractivity contribution in [3.63, 3.8) is 0 Å². The molecule has 0 unspecified atom stereocenters. The molecule has 15 heavy (non-hydrogen) atoms. The predicted octanol–water partition coefficient (Wildman–Crippen LogP) is 1.40. The highest BCUT2D eigenvalue weighted by atomic mass is 16.5. The van der Waals surface area contributed by atoms with Crippen LogP contribution in [0.2, 0.25) is 0 Å². The van der Waals surface area contributed by atoms with Crippen molar-refractivity contribution in [2.24, 2.45) is 0 Å². The Morgan fingerprint density at radius 1 is 1.27 bits per heavy atom. The molecule has 0 amide bonds. The summed E-state index contributed by atoms with van der Waals surface area (Å²) < 4.78 is 5.33. The maximum absolute atomic E-state index is 5.33. The lowest BCUT2D eigenvalue weighted by Crippen LogP contribution is -2.36. The second kappa shape index (κ2) is 3.55. The first-order chi connectivity index (χ1) is 7.43. The van der Waals surface area contributed by atoms with Crippen LogP contribution in [0.1, 0.15) is 0 Å². The van der Waals surface area contributed by atoms with Crippen LogP contribution in [0, 0.1) is 0 Å². The molecule has 1 aliphatic rings. The van der Waals surface area contributed by atoms with Gasteiger partial charge in [0, 0.05) is 24.2 Å². The van der Waals surface area contributed by atoms with Gasteiger partial charge in [0.15, 0.2) is 0 Å². The Morgan fingerprint density at radius 2 is 2.13 bits per heavy atom. The summed E-state index contributed by atoms with van der Waals surface area (Å²) in [4.78, 5) is 2.34. The van der Waals surface area contributed by atoms with E-state index in [-0.39, 0.29) is 0 Å². The zero-order chi connectivity index (χ0) is 10.1. The van der Waals surface area contributed by atoms with Gasteiger partial charge in [-0.1, -0.05) is 0 Å². The third-order valence-corrected chi connectivity index (χ3v) is 2.80. The Balaban J connectivity index is 1.95. The van der Waals surface area contributed by atoms with Gasteiger partial charge in [0.25, 0.3) is 0 Å². The third kappa shape index (κ3) is 1.57. The zero-order valence-corrected chi connectivity index (χ0v) is 8.44. The highest BCUT2D eigenvalue weighted by Gasteiger charge is 2.11. The van der Waals surface area contributed by atoms with E-state index in [1.165, 1.54) is 11.1 Å². The number of anilines is 1. The van der Waals surface area contributed by atoms with E-state index >= 15 is 0 Å². The first-order valence-electron chi connectivity index (χ1n) is 5.19. The van der Waals surface area contributed by atoms with Gasteiger partial charge in [-0.05, 0) is 18.2 Å². The van der Waals surface area contributed by atoms with E-state index in [4.69, 9.17) is 4.74 Å². The molecular formula is C11H13N3O. The van der Waals surface area contributed by atoms with Gasteiger partial charge in [0.05, 0.1) is 24.9 Å². The van der Waals surface area contributed by atoms with Crippen LogP contribution in [0.5, 0.6) is 0 Å². The molecule has 0 radical (unpaired) electrons. The summed E-state index contributed by atoms with van der Waals surface area (Å²) in [6.45, 7) is 3.60. The number of morpholine rings is 1. The summed E-state index contributed by atoms with van der Waals surface area (Å²) in [5.74, 6) is 0. The minimum Gasteiger partial charge on any atom is -0.378 e. The summed E-state index contributed by atoms with van der Waals surface area (Å²) in [6, 6.07) is 6.38. The van der Waals surface area contributed by atoms with Crippen LogP contribution >= 0.6 is 0 Å². The van der Waals surface area contributed by atoms with Crippen molar-refractivity contribution in [1.82, 2.24) is 10.2 Å². The number of rotatable bonds is 1. The number of benzene rings is 1. The molecule has 1 saturated heterocycles. The highest BCUT2D eigenvalue weighted by molar-refractivity contribution is 5.82. The number of H-pyrrole nitrogens is 1. The second-order valence-corrected chi connectivity index (χ2v) is 3.74. The molecule has 4 heteroatoms. The van der Waals surface area contributed by atoms with Gasteiger partial charge in [-0.15, -0.1) is 0 Å². The van der Waals surface area contributed by atoms with Gasteiger partial charge in [-0.3, -0.25) is 5.10 Å². The molecule has 0 saturated carbocycles. The topological polar surface area (TPSA) is 41.2 Å². The molecule has 1 aliphatic heterocycles. The third-order valence-electron chi connectivity index (χ3n) is 2.80. The monoisotopic (exact) mass is 203 g/mol. The number of fused-ring (bicyclic) bond motifs is 1. The van der Waals surface area contributed by atoms with E-state index in [1.807, 2.05) is 6.20 Å². The van der Waals surface area contributed by atoms with Crippen LogP contribution in [0.15, 0.2) is 24.4 Å². The Morgan fingerprint density at radius 3 is 3.00 bits per heavy atom.